The Morgan fingerprint density at radius 1 is 1.15 bits per heavy atom. The molecule has 0 fully saturated rings. The maximum atomic E-state index is 12.5. The lowest BCUT2D eigenvalue weighted by Crippen LogP contribution is -2.21. The van der Waals surface area contributed by atoms with Crippen LogP contribution < -0.4 is 10.6 Å². The molecule has 3 rings (SSSR count). The van der Waals surface area contributed by atoms with Gasteiger partial charge in [-0.2, -0.15) is 5.10 Å². The van der Waals surface area contributed by atoms with Gasteiger partial charge < -0.3 is 10.6 Å². The summed E-state index contributed by atoms with van der Waals surface area (Å²) in [4.78, 5) is 28.9. The average Bonchev–Trinajstić information content (AvgIpc) is 3.28. The second kappa shape index (κ2) is 7.71. The Balaban J connectivity index is 1.79. The van der Waals surface area contributed by atoms with Crippen molar-refractivity contribution in [2.45, 2.75) is 26.7 Å². The van der Waals surface area contributed by atoms with Gasteiger partial charge in [-0.25, -0.2) is 4.98 Å². The number of hydrogen-bond acceptors (Lipinski definition) is 5. The molecule has 0 aliphatic rings. The fraction of sp³-hybridized carbons (Fsp3) is 0.263. The normalized spacial score (nSPS) is 10.9. The van der Waals surface area contributed by atoms with Crippen molar-refractivity contribution in [2.75, 3.05) is 12.4 Å². The van der Waals surface area contributed by atoms with Gasteiger partial charge in [-0.05, 0) is 18.4 Å². The molecule has 0 aliphatic carbocycles. The van der Waals surface area contributed by atoms with Gasteiger partial charge in [-0.15, -0.1) is 11.3 Å². The van der Waals surface area contributed by atoms with E-state index < -0.39 is 5.91 Å². The molecule has 0 spiro atoms. The first-order chi connectivity index (χ1) is 12.9. The number of aromatic nitrogens is 3. The Morgan fingerprint density at radius 3 is 2.48 bits per heavy atom. The molecule has 27 heavy (non-hydrogen) atoms. The molecule has 0 unspecified atom stereocenters. The summed E-state index contributed by atoms with van der Waals surface area (Å²) in [6.45, 7) is 6.00. The van der Waals surface area contributed by atoms with E-state index in [0.29, 0.717) is 17.2 Å². The maximum absolute atomic E-state index is 12.5. The molecule has 0 saturated heterocycles. The highest BCUT2D eigenvalue weighted by atomic mass is 32.1. The first-order valence-corrected chi connectivity index (χ1v) is 9.43. The van der Waals surface area contributed by atoms with Crippen molar-refractivity contribution in [2.24, 2.45) is 0 Å². The molecule has 3 N–H and O–H groups in total. The maximum Gasteiger partial charge on any atom is 0.276 e. The quantitative estimate of drug-likeness (QED) is 0.627. The van der Waals surface area contributed by atoms with Crippen LogP contribution in [0.5, 0.6) is 0 Å². The molecule has 1 aromatic carbocycles. The summed E-state index contributed by atoms with van der Waals surface area (Å²) < 4.78 is 0. The van der Waals surface area contributed by atoms with Crippen LogP contribution in [-0.2, 0) is 0 Å². The molecule has 2 amide bonds. The zero-order valence-electron chi connectivity index (χ0n) is 15.6. The summed E-state index contributed by atoms with van der Waals surface area (Å²) in [5, 5.41) is 14.4. The van der Waals surface area contributed by atoms with E-state index in [2.05, 4.69) is 51.8 Å². The van der Waals surface area contributed by atoms with Crippen molar-refractivity contribution >= 4 is 29.0 Å². The van der Waals surface area contributed by atoms with Crippen LogP contribution in [0.3, 0.4) is 0 Å². The van der Waals surface area contributed by atoms with Gasteiger partial charge in [0, 0.05) is 23.7 Å². The highest BCUT2D eigenvalue weighted by Gasteiger charge is 2.20. The van der Waals surface area contributed by atoms with Crippen LogP contribution in [0.25, 0.3) is 10.6 Å². The third kappa shape index (κ3) is 3.90. The van der Waals surface area contributed by atoms with Crippen molar-refractivity contribution < 1.29 is 9.59 Å². The summed E-state index contributed by atoms with van der Waals surface area (Å²) in [5.74, 6) is -0.0788. The first-order valence-electron chi connectivity index (χ1n) is 8.55. The monoisotopic (exact) mass is 383 g/mol. The number of carbonyl (C=O) groups is 2. The summed E-state index contributed by atoms with van der Waals surface area (Å²) in [7, 11) is 1.53. The SMILES string of the molecule is CNC(=O)c1c(NC(=O)c2csc(-c3ccc(C(C)C)cc3)n2)n[nH]c1C. The Hall–Kier alpha value is -3.00. The zero-order chi connectivity index (χ0) is 19.6. The van der Waals surface area contributed by atoms with E-state index in [1.807, 2.05) is 12.1 Å². The lowest BCUT2D eigenvalue weighted by Gasteiger charge is -2.05. The number of nitrogens with one attached hydrogen (secondary N) is 3. The summed E-state index contributed by atoms with van der Waals surface area (Å²) in [5.41, 5.74) is 3.39. The van der Waals surface area contributed by atoms with E-state index in [4.69, 9.17) is 0 Å². The minimum absolute atomic E-state index is 0.188. The van der Waals surface area contributed by atoms with Crippen LogP contribution in [0.1, 0.15) is 51.9 Å². The highest BCUT2D eigenvalue weighted by Crippen LogP contribution is 2.26. The van der Waals surface area contributed by atoms with Gasteiger partial charge in [0.2, 0.25) is 0 Å². The van der Waals surface area contributed by atoms with Gasteiger partial charge in [0.05, 0.1) is 0 Å². The Labute approximate surface area is 161 Å². The van der Waals surface area contributed by atoms with Crippen LogP contribution in [0.15, 0.2) is 29.6 Å². The molecule has 0 bridgehead atoms. The number of anilines is 1. The molecule has 2 heterocycles. The Bertz CT molecular complexity index is 972. The smallest absolute Gasteiger partial charge is 0.276 e. The molecule has 0 radical (unpaired) electrons. The van der Waals surface area contributed by atoms with Gasteiger partial charge in [-0.3, -0.25) is 14.7 Å². The van der Waals surface area contributed by atoms with Crippen molar-refractivity contribution in [3.05, 3.63) is 52.2 Å². The van der Waals surface area contributed by atoms with Crippen LogP contribution in [0.4, 0.5) is 5.82 Å². The van der Waals surface area contributed by atoms with E-state index in [9.17, 15) is 9.59 Å². The number of aromatic amines is 1. The number of rotatable bonds is 5. The minimum atomic E-state index is -0.409. The van der Waals surface area contributed by atoms with E-state index in [1.54, 1.807) is 12.3 Å². The molecule has 0 aliphatic heterocycles. The van der Waals surface area contributed by atoms with Gasteiger partial charge in [0.15, 0.2) is 5.82 Å². The molecule has 140 valence electrons. The van der Waals surface area contributed by atoms with Crippen molar-refractivity contribution in [3.8, 4) is 10.6 Å². The van der Waals surface area contributed by atoms with Gasteiger partial charge in [-0.1, -0.05) is 38.1 Å². The van der Waals surface area contributed by atoms with E-state index in [0.717, 1.165) is 10.6 Å². The minimum Gasteiger partial charge on any atom is -0.355 e. The molecular formula is C19H21N5O2S. The number of H-pyrrole nitrogens is 1. The highest BCUT2D eigenvalue weighted by molar-refractivity contribution is 7.13. The lowest BCUT2D eigenvalue weighted by molar-refractivity contribution is 0.0963. The fourth-order valence-electron chi connectivity index (χ4n) is 2.62. The van der Waals surface area contributed by atoms with Crippen molar-refractivity contribution in [3.63, 3.8) is 0 Å². The third-order valence-corrected chi connectivity index (χ3v) is 5.09. The number of carbonyl (C=O) groups excluding carboxylic acids is 2. The van der Waals surface area contributed by atoms with Gasteiger partial charge >= 0.3 is 0 Å². The number of thiazole rings is 1. The standard InChI is InChI=1S/C19H21N5O2S/c1-10(2)12-5-7-13(8-6-12)19-21-14(9-27-19)17(25)22-16-15(18(26)20-4)11(3)23-24-16/h5-10H,1-4H3,(H,20,26)(H2,22,23,24,25). The van der Waals surface area contributed by atoms with Gasteiger partial charge in [0.1, 0.15) is 16.3 Å². The van der Waals surface area contributed by atoms with Crippen molar-refractivity contribution in [1.29, 1.82) is 0 Å². The average molecular weight is 383 g/mol. The molecule has 0 saturated carbocycles. The largest absolute Gasteiger partial charge is 0.355 e. The topological polar surface area (TPSA) is 99.8 Å². The Kier molecular flexibility index (Phi) is 5.36. The second-order valence-electron chi connectivity index (χ2n) is 6.42. The molecule has 8 heteroatoms. The second-order valence-corrected chi connectivity index (χ2v) is 7.28. The summed E-state index contributed by atoms with van der Waals surface area (Å²) >= 11 is 1.40. The third-order valence-electron chi connectivity index (χ3n) is 4.19. The fourth-order valence-corrected chi connectivity index (χ4v) is 3.42. The van der Waals surface area contributed by atoms with E-state index >= 15 is 0 Å². The predicted molar refractivity (Wildman–Crippen MR) is 106 cm³/mol. The van der Waals surface area contributed by atoms with Gasteiger partial charge in [0.25, 0.3) is 11.8 Å². The summed E-state index contributed by atoms with van der Waals surface area (Å²) in [6, 6.07) is 8.17. The number of amides is 2. The predicted octanol–water partition coefficient (Wildman–Crippen LogP) is 3.58. The number of aryl methyl sites for hydroxylation is 1. The van der Waals surface area contributed by atoms with Crippen LogP contribution in [0.2, 0.25) is 0 Å². The van der Waals surface area contributed by atoms with Crippen LogP contribution in [0, 0.1) is 6.92 Å². The lowest BCUT2D eigenvalue weighted by atomic mass is 10.0. The van der Waals surface area contributed by atoms with E-state index in [1.165, 1.54) is 23.9 Å². The van der Waals surface area contributed by atoms with Crippen LogP contribution >= 0.6 is 11.3 Å². The molecule has 2 aromatic heterocycles. The molecule has 3 aromatic rings. The number of benzene rings is 1. The van der Waals surface area contributed by atoms with E-state index in [-0.39, 0.29) is 17.4 Å². The Morgan fingerprint density at radius 2 is 1.85 bits per heavy atom. The van der Waals surface area contributed by atoms with Crippen LogP contribution in [-0.4, -0.2) is 34.0 Å². The summed E-state index contributed by atoms with van der Waals surface area (Å²) in [6.07, 6.45) is 0. The molecule has 0 atom stereocenters. The van der Waals surface area contributed by atoms with Crippen molar-refractivity contribution in [1.82, 2.24) is 20.5 Å². The first kappa shape index (κ1) is 18.8. The number of nitrogens with zero attached hydrogens (tertiary/aromatic N) is 2. The number of hydrogen-bond donors (Lipinski definition) is 3. The zero-order valence-corrected chi connectivity index (χ0v) is 16.4. The molecule has 7 nitrogen and oxygen atoms in total. The molecular weight excluding hydrogens is 362 g/mol.